The summed E-state index contributed by atoms with van der Waals surface area (Å²) in [6.45, 7) is 6.02. The summed E-state index contributed by atoms with van der Waals surface area (Å²) in [6, 6.07) is -0.942. The molecule has 0 rings (SSSR count). The topological polar surface area (TPSA) is 67.4 Å². The number of rotatable bonds is 4. The van der Waals surface area contributed by atoms with Crippen LogP contribution in [0.4, 0.5) is 4.79 Å². The van der Waals surface area contributed by atoms with Gasteiger partial charge in [0, 0.05) is 6.54 Å². The number of carbonyl (C=O) groups excluding carboxylic acids is 2. The van der Waals surface area contributed by atoms with Gasteiger partial charge in [0.25, 0.3) is 0 Å². The highest BCUT2D eigenvalue weighted by molar-refractivity contribution is 5.83. The van der Waals surface area contributed by atoms with Gasteiger partial charge in [0.1, 0.15) is 6.04 Å². The first-order chi connectivity index (χ1) is 6.52. The Morgan fingerprint density at radius 2 is 1.93 bits per heavy atom. The predicted molar refractivity (Wildman–Crippen MR) is 52.9 cm³/mol. The van der Waals surface area contributed by atoms with Gasteiger partial charge in [0.15, 0.2) is 0 Å². The summed E-state index contributed by atoms with van der Waals surface area (Å²) in [4.78, 5) is 22.4. The lowest BCUT2D eigenvalue weighted by Gasteiger charge is -2.19. The van der Waals surface area contributed by atoms with E-state index in [1.165, 1.54) is 7.11 Å². The van der Waals surface area contributed by atoms with E-state index in [9.17, 15) is 9.59 Å². The standard InChI is InChI=1S/C9H18N2O3/c1-5-10-9(13)11-7(6(2)3)8(12)14-4/h6-7H,5H2,1-4H3,(H2,10,11,13). The Morgan fingerprint density at radius 3 is 2.29 bits per heavy atom. The van der Waals surface area contributed by atoms with E-state index in [-0.39, 0.29) is 11.9 Å². The number of hydrogen-bond donors (Lipinski definition) is 2. The van der Waals surface area contributed by atoms with Crippen molar-refractivity contribution in [2.45, 2.75) is 26.8 Å². The number of carbonyl (C=O) groups is 2. The smallest absolute Gasteiger partial charge is 0.328 e. The van der Waals surface area contributed by atoms with Crippen LogP contribution >= 0.6 is 0 Å². The van der Waals surface area contributed by atoms with E-state index >= 15 is 0 Å². The van der Waals surface area contributed by atoms with Gasteiger partial charge in [-0.3, -0.25) is 0 Å². The molecule has 0 heterocycles. The highest BCUT2D eigenvalue weighted by Gasteiger charge is 2.24. The fraction of sp³-hybridized carbons (Fsp3) is 0.778. The van der Waals surface area contributed by atoms with Gasteiger partial charge in [-0.2, -0.15) is 0 Å². The van der Waals surface area contributed by atoms with E-state index in [0.29, 0.717) is 6.54 Å². The zero-order chi connectivity index (χ0) is 11.1. The zero-order valence-electron chi connectivity index (χ0n) is 9.09. The molecule has 0 fully saturated rings. The van der Waals surface area contributed by atoms with Crippen molar-refractivity contribution < 1.29 is 14.3 Å². The molecule has 0 spiro atoms. The second-order valence-corrected chi connectivity index (χ2v) is 3.25. The van der Waals surface area contributed by atoms with Crippen LogP contribution in [0.15, 0.2) is 0 Å². The molecule has 0 saturated heterocycles. The van der Waals surface area contributed by atoms with Gasteiger partial charge >= 0.3 is 12.0 Å². The Kier molecular flexibility index (Phi) is 5.67. The molecule has 5 heteroatoms. The number of urea groups is 1. The van der Waals surface area contributed by atoms with Gasteiger partial charge in [-0.15, -0.1) is 0 Å². The van der Waals surface area contributed by atoms with Crippen LogP contribution in [-0.4, -0.2) is 31.7 Å². The van der Waals surface area contributed by atoms with Crippen molar-refractivity contribution in [2.75, 3.05) is 13.7 Å². The van der Waals surface area contributed by atoms with Crippen LogP contribution in [0, 0.1) is 5.92 Å². The number of hydrogen-bond acceptors (Lipinski definition) is 3. The molecule has 0 saturated carbocycles. The maximum absolute atomic E-state index is 11.2. The Balaban J connectivity index is 4.23. The van der Waals surface area contributed by atoms with Gasteiger partial charge in [0.05, 0.1) is 7.11 Å². The van der Waals surface area contributed by atoms with Crippen molar-refractivity contribution in [1.82, 2.24) is 10.6 Å². The molecule has 0 aromatic carbocycles. The zero-order valence-corrected chi connectivity index (χ0v) is 9.09. The van der Waals surface area contributed by atoms with Crippen LogP contribution in [0.5, 0.6) is 0 Å². The van der Waals surface area contributed by atoms with Crippen LogP contribution in [-0.2, 0) is 9.53 Å². The molecule has 2 N–H and O–H groups in total. The lowest BCUT2D eigenvalue weighted by atomic mass is 10.1. The van der Waals surface area contributed by atoms with E-state index in [1.807, 2.05) is 20.8 Å². The van der Waals surface area contributed by atoms with E-state index in [4.69, 9.17) is 0 Å². The summed E-state index contributed by atoms with van der Waals surface area (Å²) in [7, 11) is 1.30. The van der Waals surface area contributed by atoms with Gasteiger partial charge in [-0.1, -0.05) is 13.8 Å². The molecule has 0 aliphatic carbocycles. The second-order valence-electron chi connectivity index (χ2n) is 3.25. The number of ether oxygens (including phenoxy) is 1. The minimum atomic E-state index is -0.591. The Bertz CT molecular complexity index is 204. The number of esters is 1. The summed E-state index contributed by atoms with van der Waals surface area (Å²) in [6.07, 6.45) is 0. The van der Waals surface area contributed by atoms with Crippen molar-refractivity contribution in [2.24, 2.45) is 5.92 Å². The Hall–Kier alpha value is -1.26. The van der Waals surface area contributed by atoms with Crippen LogP contribution < -0.4 is 10.6 Å². The fourth-order valence-electron chi connectivity index (χ4n) is 0.978. The summed E-state index contributed by atoms with van der Waals surface area (Å²) < 4.78 is 4.57. The monoisotopic (exact) mass is 202 g/mol. The number of amides is 2. The fourth-order valence-corrected chi connectivity index (χ4v) is 0.978. The Morgan fingerprint density at radius 1 is 1.36 bits per heavy atom. The molecule has 0 radical (unpaired) electrons. The number of nitrogens with one attached hydrogen (secondary N) is 2. The van der Waals surface area contributed by atoms with Gasteiger partial charge in [0.2, 0.25) is 0 Å². The van der Waals surface area contributed by atoms with Crippen molar-refractivity contribution in [3.8, 4) is 0 Å². The van der Waals surface area contributed by atoms with Crippen LogP contribution in [0.1, 0.15) is 20.8 Å². The van der Waals surface area contributed by atoms with Crippen LogP contribution in [0.3, 0.4) is 0 Å². The molecule has 1 atom stereocenters. The van der Waals surface area contributed by atoms with Crippen molar-refractivity contribution in [3.05, 3.63) is 0 Å². The molecule has 82 valence electrons. The molecule has 0 aliphatic rings. The predicted octanol–water partition coefficient (Wildman–Crippen LogP) is 0.503. The normalized spacial score (nSPS) is 12.1. The van der Waals surface area contributed by atoms with Crippen molar-refractivity contribution in [1.29, 1.82) is 0 Å². The third kappa shape index (κ3) is 4.11. The molecule has 5 nitrogen and oxygen atoms in total. The molecule has 1 unspecified atom stereocenters. The summed E-state index contributed by atoms with van der Waals surface area (Å²) in [5.41, 5.74) is 0. The van der Waals surface area contributed by atoms with Crippen molar-refractivity contribution >= 4 is 12.0 Å². The molecular weight excluding hydrogens is 184 g/mol. The molecule has 0 aromatic rings. The summed E-state index contributed by atoms with van der Waals surface area (Å²) >= 11 is 0. The average molecular weight is 202 g/mol. The van der Waals surface area contributed by atoms with Crippen LogP contribution in [0.2, 0.25) is 0 Å². The second kappa shape index (κ2) is 6.23. The maximum atomic E-state index is 11.2. The minimum Gasteiger partial charge on any atom is -0.467 e. The largest absolute Gasteiger partial charge is 0.467 e. The highest BCUT2D eigenvalue weighted by atomic mass is 16.5. The highest BCUT2D eigenvalue weighted by Crippen LogP contribution is 2.02. The van der Waals surface area contributed by atoms with Gasteiger partial charge < -0.3 is 15.4 Å². The maximum Gasteiger partial charge on any atom is 0.328 e. The third-order valence-electron chi connectivity index (χ3n) is 1.75. The molecule has 2 amide bonds. The average Bonchev–Trinajstić information content (AvgIpc) is 2.13. The quantitative estimate of drug-likeness (QED) is 0.652. The first kappa shape index (κ1) is 12.7. The third-order valence-corrected chi connectivity index (χ3v) is 1.75. The van der Waals surface area contributed by atoms with Gasteiger partial charge in [-0.25, -0.2) is 9.59 Å². The van der Waals surface area contributed by atoms with E-state index in [0.717, 1.165) is 0 Å². The SMILES string of the molecule is CCNC(=O)NC(C(=O)OC)C(C)C. The minimum absolute atomic E-state index is 0.00468. The van der Waals surface area contributed by atoms with E-state index in [1.54, 1.807) is 0 Å². The molecular formula is C9H18N2O3. The molecule has 0 aliphatic heterocycles. The van der Waals surface area contributed by atoms with E-state index < -0.39 is 12.0 Å². The van der Waals surface area contributed by atoms with Gasteiger partial charge in [-0.05, 0) is 12.8 Å². The molecule has 0 bridgehead atoms. The summed E-state index contributed by atoms with van der Waals surface area (Å²) in [5.74, 6) is -0.420. The first-order valence-electron chi connectivity index (χ1n) is 4.65. The molecule has 0 aromatic heterocycles. The van der Waals surface area contributed by atoms with Crippen LogP contribution in [0.25, 0.3) is 0 Å². The number of methoxy groups -OCH3 is 1. The first-order valence-corrected chi connectivity index (χ1v) is 4.65. The lowest BCUT2D eigenvalue weighted by molar-refractivity contribution is -0.143. The van der Waals surface area contributed by atoms with E-state index in [2.05, 4.69) is 15.4 Å². The lowest BCUT2D eigenvalue weighted by Crippen LogP contribution is -2.49. The van der Waals surface area contributed by atoms with Crippen molar-refractivity contribution in [3.63, 3.8) is 0 Å². The Labute approximate surface area is 84.2 Å². The molecule has 14 heavy (non-hydrogen) atoms. The summed E-state index contributed by atoms with van der Waals surface area (Å²) in [5, 5.41) is 5.10.